The molecule has 0 saturated carbocycles. The minimum Gasteiger partial charge on any atom is -0.508 e. The van der Waals surface area contributed by atoms with E-state index in [1.54, 1.807) is 12.1 Å². The van der Waals surface area contributed by atoms with Gasteiger partial charge in [0.25, 0.3) is 5.91 Å². The number of carbonyl (C=O) groups is 1. The Morgan fingerprint density at radius 3 is 2.22 bits per heavy atom. The van der Waals surface area contributed by atoms with Crippen molar-refractivity contribution < 1.29 is 9.90 Å². The van der Waals surface area contributed by atoms with E-state index >= 15 is 0 Å². The molecular weight excluding hydrogens is 226 g/mol. The highest BCUT2D eigenvalue weighted by Crippen LogP contribution is 2.15. The first kappa shape index (κ1) is 12.2. The lowest BCUT2D eigenvalue weighted by Gasteiger charge is -2.06. The van der Waals surface area contributed by atoms with Crippen LogP contribution in [-0.2, 0) is 6.42 Å². The van der Waals surface area contributed by atoms with Gasteiger partial charge in [0, 0.05) is 11.3 Å². The summed E-state index contributed by atoms with van der Waals surface area (Å²) in [4.78, 5) is 11.9. The number of nitrogens with one attached hydrogen (secondary N) is 1. The van der Waals surface area contributed by atoms with E-state index in [2.05, 4.69) is 12.2 Å². The third-order valence-corrected chi connectivity index (χ3v) is 2.75. The van der Waals surface area contributed by atoms with Crippen molar-refractivity contribution in [2.24, 2.45) is 0 Å². The minimum absolute atomic E-state index is 0.150. The van der Waals surface area contributed by atoms with Crippen molar-refractivity contribution in [2.75, 3.05) is 5.32 Å². The van der Waals surface area contributed by atoms with Crippen LogP contribution in [0.25, 0.3) is 0 Å². The summed E-state index contributed by atoms with van der Waals surface area (Å²) >= 11 is 0. The number of benzene rings is 2. The third kappa shape index (κ3) is 2.88. The molecule has 2 rings (SSSR count). The topological polar surface area (TPSA) is 49.3 Å². The highest BCUT2D eigenvalue weighted by atomic mass is 16.3. The van der Waals surface area contributed by atoms with Crippen molar-refractivity contribution in [3.05, 3.63) is 59.7 Å². The number of hydrogen-bond acceptors (Lipinski definition) is 2. The maximum Gasteiger partial charge on any atom is 0.255 e. The van der Waals surface area contributed by atoms with E-state index in [4.69, 9.17) is 5.11 Å². The summed E-state index contributed by atoms with van der Waals surface area (Å²) in [5, 5.41) is 11.9. The number of aromatic hydroxyl groups is 1. The van der Waals surface area contributed by atoms with E-state index in [-0.39, 0.29) is 11.7 Å². The van der Waals surface area contributed by atoms with Gasteiger partial charge in [-0.2, -0.15) is 0 Å². The quantitative estimate of drug-likeness (QED) is 0.811. The molecular formula is C15H15NO2. The van der Waals surface area contributed by atoms with Crippen LogP contribution in [0.4, 0.5) is 5.69 Å². The Bertz CT molecular complexity index is 529. The first-order valence-electron chi connectivity index (χ1n) is 5.88. The van der Waals surface area contributed by atoms with Gasteiger partial charge in [0.2, 0.25) is 0 Å². The molecule has 2 N–H and O–H groups in total. The molecule has 0 saturated heterocycles. The van der Waals surface area contributed by atoms with Gasteiger partial charge >= 0.3 is 0 Å². The molecule has 0 radical (unpaired) electrons. The Balaban J connectivity index is 2.09. The zero-order valence-corrected chi connectivity index (χ0v) is 10.2. The fourth-order valence-electron chi connectivity index (χ4n) is 1.64. The first-order valence-corrected chi connectivity index (χ1v) is 5.88. The van der Waals surface area contributed by atoms with Crippen LogP contribution in [0.15, 0.2) is 48.5 Å². The smallest absolute Gasteiger partial charge is 0.255 e. The van der Waals surface area contributed by atoms with E-state index in [9.17, 15) is 4.79 Å². The van der Waals surface area contributed by atoms with E-state index in [0.717, 1.165) is 6.42 Å². The number of amides is 1. The predicted octanol–water partition coefficient (Wildman–Crippen LogP) is 3.21. The standard InChI is InChI=1S/C15H15NO2/c1-2-11-3-5-12(6-4-11)15(18)16-13-7-9-14(17)10-8-13/h3-10,17H,2H2,1H3,(H,16,18). The normalized spacial score (nSPS) is 10.1. The average molecular weight is 241 g/mol. The zero-order valence-electron chi connectivity index (χ0n) is 10.2. The number of phenols is 1. The van der Waals surface area contributed by atoms with Gasteiger partial charge in [-0.25, -0.2) is 0 Å². The Morgan fingerprint density at radius 2 is 1.67 bits per heavy atom. The Kier molecular flexibility index (Phi) is 3.63. The minimum atomic E-state index is -0.150. The second kappa shape index (κ2) is 5.36. The number of carbonyl (C=O) groups excluding carboxylic acids is 1. The Morgan fingerprint density at radius 1 is 1.06 bits per heavy atom. The summed E-state index contributed by atoms with van der Waals surface area (Å²) in [6.07, 6.45) is 0.958. The second-order valence-corrected chi connectivity index (χ2v) is 4.05. The molecule has 18 heavy (non-hydrogen) atoms. The molecule has 0 atom stereocenters. The van der Waals surface area contributed by atoms with Gasteiger partial charge in [-0.3, -0.25) is 4.79 Å². The van der Waals surface area contributed by atoms with Crippen molar-refractivity contribution >= 4 is 11.6 Å². The average Bonchev–Trinajstić information content (AvgIpc) is 2.41. The SMILES string of the molecule is CCc1ccc(C(=O)Nc2ccc(O)cc2)cc1. The van der Waals surface area contributed by atoms with Gasteiger partial charge in [-0.15, -0.1) is 0 Å². The van der Waals surface area contributed by atoms with Crippen LogP contribution in [0, 0.1) is 0 Å². The molecule has 0 aliphatic rings. The largest absolute Gasteiger partial charge is 0.508 e. The summed E-state index contributed by atoms with van der Waals surface area (Å²) in [5.74, 6) is 0.0311. The van der Waals surface area contributed by atoms with Gasteiger partial charge in [-0.05, 0) is 48.4 Å². The molecule has 2 aromatic rings. The molecule has 92 valence electrons. The number of rotatable bonds is 3. The number of hydrogen-bond donors (Lipinski definition) is 2. The summed E-state index contributed by atoms with van der Waals surface area (Å²) in [6.45, 7) is 2.07. The molecule has 0 aromatic heterocycles. The van der Waals surface area contributed by atoms with E-state index in [0.29, 0.717) is 11.3 Å². The van der Waals surface area contributed by atoms with Gasteiger partial charge in [0.1, 0.15) is 5.75 Å². The molecule has 0 bridgehead atoms. The summed E-state index contributed by atoms with van der Waals surface area (Å²) in [7, 11) is 0. The molecule has 0 aliphatic heterocycles. The predicted molar refractivity (Wildman–Crippen MR) is 71.9 cm³/mol. The Hall–Kier alpha value is -2.29. The molecule has 3 nitrogen and oxygen atoms in total. The van der Waals surface area contributed by atoms with Crippen molar-refractivity contribution in [2.45, 2.75) is 13.3 Å². The van der Waals surface area contributed by atoms with Crippen LogP contribution >= 0.6 is 0 Å². The van der Waals surface area contributed by atoms with Crippen LogP contribution < -0.4 is 5.32 Å². The zero-order chi connectivity index (χ0) is 13.0. The van der Waals surface area contributed by atoms with Crippen molar-refractivity contribution in [3.8, 4) is 5.75 Å². The van der Waals surface area contributed by atoms with Crippen LogP contribution in [0.3, 0.4) is 0 Å². The van der Waals surface area contributed by atoms with Gasteiger partial charge in [0.15, 0.2) is 0 Å². The van der Waals surface area contributed by atoms with Crippen molar-refractivity contribution in [3.63, 3.8) is 0 Å². The lowest BCUT2D eigenvalue weighted by atomic mass is 10.1. The van der Waals surface area contributed by atoms with Crippen LogP contribution in [0.5, 0.6) is 5.75 Å². The third-order valence-electron chi connectivity index (χ3n) is 2.75. The van der Waals surface area contributed by atoms with Crippen LogP contribution in [0.2, 0.25) is 0 Å². The monoisotopic (exact) mass is 241 g/mol. The first-order chi connectivity index (χ1) is 8.69. The molecule has 0 spiro atoms. The van der Waals surface area contributed by atoms with E-state index < -0.39 is 0 Å². The fourth-order valence-corrected chi connectivity index (χ4v) is 1.64. The lowest BCUT2D eigenvalue weighted by molar-refractivity contribution is 0.102. The summed E-state index contributed by atoms with van der Waals surface area (Å²) in [5.41, 5.74) is 2.49. The van der Waals surface area contributed by atoms with Gasteiger partial charge < -0.3 is 10.4 Å². The molecule has 0 aliphatic carbocycles. The highest BCUT2D eigenvalue weighted by Gasteiger charge is 2.05. The molecule has 0 fully saturated rings. The lowest BCUT2D eigenvalue weighted by Crippen LogP contribution is -2.11. The maximum absolute atomic E-state index is 11.9. The summed E-state index contributed by atoms with van der Waals surface area (Å²) in [6, 6.07) is 13.9. The van der Waals surface area contributed by atoms with E-state index in [1.165, 1.54) is 17.7 Å². The van der Waals surface area contributed by atoms with Gasteiger partial charge in [-0.1, -0.05) is 19.1 Å². The molecule has 0 heterocycles. The second-order valence-electron chi connectivity index (χ2n) is 4.05. The fraction of sp³-hybridized carbons (Fsp3) is 0.133. The summed E-state index contributed by atoms with van der Waals surface area (Å²) < 4.78 is 0. The van der Waals surface area contributed by atoms with Crippen molar-refractivity contribution in [1.82, 2.24) is 0 Å². The Labute approximate surface area is 106 Å². The number of anilines is 1. The highest BCUT2D eigenvalue weighted by molar-refractivity contribution is 6.04. The number of phenolic OH excluding ortho intramolecular Hbond substituents is 1. The molecule has 3 heteroatoms. The van der Waals surface area contributed by atoms with Crippen molar-refractivity contribution in [1.29, 1.82) is 0 Å². The molecule has 2 aromatic carbocycles. The van der Waals surface area contributed by atoms with Crippen LogP contribution in [0.1, 0.15) is 22.8 Å². The number of aryl methyl sites for hydroxylation is 1. The van der Waals surface area contributed by atoms with E-state index in [1.807, 2.05) is 24.3 Å². The molecule has 0 unspecified atom stereocenters. The van der Waals surface area contributed by atoms with Gasteiger partial charge in [0.05, 0.1) is 0 Å². The molecule has 1 amide bonds. The van der Waals surface area contributed by atoms with Crippen LogP contribution in [-0.4, -0.2) is 11.0 Å². The maximum atomic E-state index is 11.9.